The van der Waals surface area contributed by atoms with E-state index in [1.54, 1.807) is 32.0 Å². The van der Waals surface area contributed by atoms with E-state index >= 15 is 0 Å². The SMILES string of the molecule is CCc1ccc(C(=O)CC(C(=O)O)n2nc(C)cc2C)cc1. The molecule has 2 aromatic rings. The van der Waals surface area contributed by atoms with E-state index in [4.69, 9.17) is 0 Å². The number of aryl methyl sites for hydroxylation is 3. The molecule has 1 heterocycles. The topological polar surface area (TPSA) is 72.2 Å². The number of carbonyl (C=O) groups is 2. The van der Waals surface area contributed by atoms with E-state index in [9.17, 15) is 14.7 Å². The van der Waals surface area contributed by atoms with Crippen molar-refractivity contribution < 1.29 is 14.7 Å². The number of benzene rings is 1. The standard InChI is InChI=1S/C17H20N2O3/c1-4-13-5-7-14(8-6-13)16(20)10-15(17(21)22)19-12(3)9-11(2)18-19/h5-9,15H,4,10H2,1-3H3,(H,21,22). The summed E-state index contributed by atoms with van der Waals surface area (Å²) in [4.78, 5) is 23.9. The van der Waals surface area contributed by atoms with Crippen LogP contribution in [0, 0.1) is 13.8 Å². The third-order valence-electron chi connectivity index (χ3n) is 3.69. The third-order valence-corrected chi connectivity index (χ3v) is 3.69. The zero-order valence-corrected chi connectivity index (χ0v) is 13.0. The first-order valence-corrected chi connectivity index (χ1v) is 7.30. The molecule has 22 heavy (non-hydrogen) atoms. The van der Waals surface area contributed by atoms with E-state index in [-0.39, 0.29) is 12.2 Å². The highest BCUT2D eigenvalue weighted by Gasteiger charge is 2.26. The van der Waals surface area contributed by atoms with Gasteiger partial charge in [0.05, 0.1) is 5.69 Å². The molecular formula is C17H20N2O3. The van der Waals surface area contributed by atoms with Gasteiger partial charge in [-0.2, -0.15) is 5.10 Å². The number of rotatable bonds is 6. The number of nitrogens with zero attached hydrogens (tertiary/aromatic N) is 2. The summed E-state index contributed by atoms with van der Waals surface area (Å²) in [5.74, 6) is -1.24. The van der Waals surface area contributed by atoms with Gasteiger partial charge in [0.1, 0.15) is 0 Å². The van der Waals surface area contributed by atoms with E-state index in [1.807, 2.05) is 19.1 Å². The number of hydrogen-bond donors (Lipinski definition) is 1. The highest BCUT2D eigenvalue weighted by atomic mass is 16.4. The van der Waals surface area contributed by atoms with Crippen molar-refractivity contribution in [2.75, 3.05) is 0 Å². The molecule has 1 N–H and O–H groups in total. The Bertz CT molecular complexity index is 686. The van der Waals surface area contributed by atoms with Gasteiger partial charge in [0.15, 0.2) is 11.8 Å². The van der Waals surface area contributed by atoms with Crippen LogP contribution in [0.15, 0.2) is 30.3 Å². The average molecular weight is 300 g/mol. The van der Waals surface area contributed by atoms with Crippen molar-refractivity contribution >= 4 is 11.8 Å². The molecule has 2 rings (SSSR count). The van der Waals surface area contributed by atoms with Crippen LogP contribution in [-0.2, 0) is 11.2 Å². The minimum atomic E-state index is -1.05. The first-order valence-electron chi connectivity index (χ1n) is 7.30. The largest absolute Gasteiger partial charge is 0.480 e. The molecular weight excluding hydrogens is 280 g/mol. The number of carboxylic acids is 1. The molecule has 1 unspecified atom stereocenters. The molecule has 1 atom stereocenters. The minimum absolute atomic E-state index is 0.108. The third kappa shape index (κ3) is 3.42. The molecule has 116 valence electrons. The lowest BCUT2D eigenvalue weighted by molar-refractivity contribution is -0.141. The number of carboxylic acid groups (broad SMARTS) is 1. The Kier molecular flexibility index (Phi) is 4.75. The summed E-state index contributed by atoms with van der Waals surface area (Å²) < 4.78 is 1.41. The van der Waals surface area contributed by atoms with Crippen LogP contribution in [0.3, 0.4) is 0 Å². The molecule has 0 aliphatic rings. The predicted molar refractivity (Wildman–Crippen MR) is 83.1 cm³/mol. The van der Waals surface area contributed by atoms with Crippen molar-refractivity contribution in [1.82, 2.24) is 9.78 Å². The molecule has 0 fully saturated rings. The first-order chi connectivity index (χ1) is 10.4. The van der Waals surface area contributed by atoms with E-state index in [2.05, 4.69) is 5.10 Å². The van der Waals surface area contributed by atoms with Gasteiger partial charge in [-0.15, -0.1) is 0 Å². The van der Waals surface area contributed by atoms with Crippen molar-refractivity contribution in [3.63, 3.8) is 0 Å². The van der Waals surface area contributed by atoms with Crippen LogP contribution >= 0.6 is 0 Å². The Hall–Kier alpha value is -2.43. The molecule has 1 aromatic heterocycles. The van der Waals surface area contributed by atoms with E-state index in [0.717, 1.165) is 23.4 Å². The fourth-order valence-electron chi connectivity index (χ4n) is 2.46. The van der Waals surface area contributed by atoms with Crippen molar-refractivity contribution in [2.24, 2.45) is 0 Å². The summed E-state index contributed by atoms with van der Waals surface area (Å²) in [6.07, 6.45) is 0.792. The van der Waals surface area contributed by atoms with Gasteiger partial charge in [-0.25, -0.2) is 4.79 Å². The Morgan fingerprint density at radius 3 is 2.32 bits per heavy atom. The van der Waals surface area contributed by atoms with Crippen molar-refractivity contribution in [2.45, 2.75) is 39.7 Å². The van der Waals surface area contributed by atoms with Gasteiger partial charge in [0, 0.05) is 17.7 Å². The van der Waals surface area contributed by atoms with Gasteiger partial charge in [0.25, 0.3) is 0 Å². The second-order valence-corrected chi connectivity index (χ2v) is 5.40. The summed E-state index contributed by atoms with van der Waals surface area (Å²) in [6.45, 7) is 5.63. The van der Waals surface area contributed by atoms with E-state index in [1.165, 1.54) is 4.68 Å². The van der Waals surface area contributed by atoms with Crippen LogP contribution in [0.2, 0.25) is 0 Å². The van der Waals surface area contributed by atoms with Crippen LogP contribution in [0.4, 0.5) is 0 Å². The maximum Gasteiger partial charge on any atom is 0.328 e. The number of aromatic nitrogens is 2. The summed E-state index contributed by atoms with van der Waals surface area (Å²) in [5, 5.41) is 13.6. The maximum absolute atomic E-state index is 12.3. The number of aliphatic carboxylic acids is 1. The second kappa shape index (κ2) is 6.56. The molecule has 0 aliphatic carbocycles. The van der Waals surface area contributed by atoms with Crippen molar-refractivity contribution in [3.8, 4) is 0 Å². The average Bonchev–Trinajstić information content (AvgIpc) is 2.82. The van der Waals surface area contributed by atoms with Gasteiger partial charge in [-0.1, -0.05) is 31.2 Å². The van der Waals surface area contributed by atoms with E-state index in [0.29, 0.717) is 5.56 Å². The quantitative estimate of drug-likeness (QED) is 0.832. The number of hydrogen-bond acceptors (Lipinski definition) is 3. The summed E-state index contributed by atoms with van der Waals surface area (Å²) in [7, 11) is 0. The fourth-order valence-corrected chi connectivity index (χ4v) is 2.46. The summed E-state index contributed by atoms with van der Waals surface area (Å²) >= 11 is 0. The smallest absolute Gasteiger partial charge is 0.328 e. The normalized spacial score (nSPS) is 12.1. The Balaban J connectivity index is 2.22. The molecule has 1 aromatic carbocycles. The summed E-state index contributed by atoms with van der Waals surface area (Å²) in [5.41, 5.74) is 3.15. The molecule has 0 spiro atoms. The molecule has 0 saturated carbocycles. The van der Waals surface area contributed by atoms with Crippen LogP contribution in [0.25, 0.3) is 0 Å². The van der Waals surface area contributed by atoms with Gasteiger partial charge in [-0.3, -0.25) is 9.48 Å². The molecule has 0 bridgehead atoms. The van der Waals surface area contributed by atoms with Gasteiger partial charge in [-0.05, 0) is 31.9 Å². The van der Waals surface area contributed by atoms with Gasteiger partial charge < -0.3 is 5.11 Å². The fraction of sp³-hybridized carbons (Fsp3) is 0.353. The molecule has 0 aliphatic heterocycles. The van der Waals surface area contributed by atoms with Crippen LogP contribution in [-0.4, -0.2) is 26.6 Å². The number of ketones is 1. The zero-order chi connectivity index (χ0) is 16.3. The van der Waals surface area contributed by atoms with Crippen molar-refractivity contribution in [3.05, 3.63) is 52.8 Å². The van der Waals surface area contributed by atoms with Crippen molar-refractivity contribution in [1.29, 1.82) is 0 Å². The monoisotopic (exact) mass is 300 g/mol. The maximum atomic E-state index is 12.3. The lowest BCUT2D eigenvalue weighted by atomic mass is 10.0. The lowest BCUT2D eigenvalue weighted by Gasteiger charge is -2.14. The highest BCUT2D eigenvalue weighted by molar-refractivity contribution is 5.98. The van der Waals surface area contributed by atoms with Gasteiger partial charge in [0.2, 0.25) is 0 Å². The zero-order valence-electron chi connectivity index (χ0n) is 13.0. The minimum Gasteiger partial charge on any atom is -0.480 e. The molecule has 0 radical (unpaired) electrons. The summed E-state index contributed by atoms with van der Waals surface area (Å²) in [6, 6.07) is 8.12. The molecule has 0 amide bonds. The first kappa shape index (κ1) is 15.9. The second-order valence-electron chi connectivity index (χ2n) is 5.40. The molecule has 5 heteroatoms. The van der Waals surface area contributed by atoms with E-state index < -0.39 is 12.0 Å². The van der Waals surface area contributed by atoms with Crippen LogP contribution < -0.4 is 0 Å². The number of carbonyl (C=O) groups excluding carboxylic acids is 1. The van der Waals surface area contributed by atoms with Crippen LogP contribution in [0.5, 0.6) is 0 Å². The Morgan fingerprint density at radius 1 is 1.23 bits per heavy atom. The van der Waals surface area contributed by atoms with Crippen LogP contribution in [0.1, 0.15) is 46.7 Å². The highest BCUT2D eigenvalue weighted by Crippen LogP contribution is 2.19. The predicted octanol–water partition coefficient (Wildman–Crippen LogP) is 2.96. The number of Topliss-reactive ketones (excluding diaryl/α,β-unsaturated/α-hetero) is 1. The van der Waals surface area contributed by atoms with Gasteiger partial charge >= 0.3 is 5.97 Å². The lowest BCUT2D eigenvalue weighted by Crippen LogP contribution is -2.24. The molecule has 0 saturated heterocycles. The Morgan fingerprint density at radius 2 is 1.86 bits per heavy atom. The Labute approximate surface area is 129 Å². The molecule has 5 nitrogen and oxygen atoms in total.